The Kier molecular flexibility index (Phi) is 6.24. The summed E-state index contributed by atoms with van der Waals surface area (Å²) in [5.74, 6) is 0.663. The molecular weight excluding hydrogens is 258 g/mol. The first kappa shape index (κ1) is 16.2. The summed E-state index contributed by atoms with van der Waals surface area (Å²) in [6.45, 7) is 7.06. The molecule has 0 amide bonds. The molecule has 1 unspecified atom stereocenters. The Bertz CT molecular complexity index is 449. The molecule has 0 aromatic heterocycles. The predicted molar refractivity (Wildman–Crippen MR) is 80.2 cm³/mol. The fourth-order valence-corrected chi connectivity index (χ4v) is 1.79. The Labute approximate surface area is 119 Å². The second kappa shape index (κ2) is 7.69. The number of anilines is 1. The maximum absolute atomic E-state index is 11.0. The molecule has 112 valence electrons. The van der Waals surface area contributed by atoms with Crippen molar-refractivity contribution in [2.24, 2.45) is 11.7 Å². The highest BCUT2D eigenvalue weighted by atomic mass is 16.6. The maximum Gasteiger partial charge on any atom is 0.311 e. The molecule has 0 fully saturated rings. The van der Waals surface area contributed by atoms with E-state index >= 15 is 0 Å². The van der Waals surface area contributed by atoms with Crippen LogP contribution in [0.4, 0.5) is 11.4 Å². The van der Waals surface area contributed by atoms with Crippen LogP contribution in [0.3, 0.4) is 0 Å². The predicted octanol–water partition coefficient (Wildman–Crippen LogP) is 2.78. The summed E-state index contributed by atoms with van der Waals surface area (Å²) in [5, 5.41) is 14.3. The second-order valence-corrected chi connectivity index (χ2v) is 5.02. The van der Waals surface area contributed by atoms with Crippen LogP contribution in [0.5, 0.6) is 5.75 Å². The third kappa shape index (κ3) is 4.38. The van der Waals surface area contributed by atoms with Crippen LogP contribution in [0, 0.1) is 16.0 Å². The minimum absolute atomic E-state index is 0.0159. The summed E-state index contributed by atoms with van der Waals surface area (Å²) in [6, 6.07) is 4.93. The van der Waals surface area contributed by atoms with Crippen LogP contribution >= 0.6 is 0 Å². The minimum Gasteiger partial charge on any atom is -0.487 e. The lowest BCUT2D eigenvalue weighted by Gasteiger charge is -2.22. The van der Waals surface area contributed by atoms with E-state index < -0.39 is 4.92 Å². The average Bonchev–Trinajstić information content (AvgIpc) is 2.41. The SMILES string of the molecule is CCCOc1cc(NC(CN)C(C)C)ccc1[N+](=O)[O-]. The molecule has 6 heteroatoms. The molecule has 0 aliphatic heterocycles. The van der Waals surface area contributed by atoms with Crippen LogP contribution in [0.1, 0.15) is 27.2 Å². The zero-order valence-electron chi connectivity index (χ0n) is 12.3. The van der Waals surface area contributed by atoms with Gasteiger partial charge in [-0.25, -0.2) is 0 Å². The van der Waals surface area contributed by atoms with E-state index in [4.69, 9.17) is 10.5 Å². The number of rotatable bonds is 8. The lowest BCUT2D eigenvalue weighted by molar-refractivity contribution is -0.385. The molecule has 20 heavy (non-hydrogen) atoms. The van der Waals surface area contributed by atoms with E-state index in [-0.39, 0.29) is 11.7 Å². The lowest BCUT2D eigenvalue weighted by atomic mass is 10.0. The number of hydrogen-bond acceptors (Lipinski definition) is 5. The van der Waals surface area contributed by atoms with Crippen LogP contribution in [0.25, 0.3) is 0 Å². The average molecular weight is 281 g/mol. The number of nitrogens with two attached hydrogens (primary N) is 1. The van der Waals surface area contributed by atoms with E-state index in [1.165, 1.54) is 6.07 Å². The summed E-state index contributed by atoms with van der Waals surface area (Å²) < 4.78 is 5.45. The van der Waals surface area contributed by atoms with Crippen LogP contribution < -0.4 is 15.8 Å². The van der Waals surface area contributed by atoms with Crippen LogP contribution in [0.15, 0.2) is 18.2 Å². The zero-order valence-corrected chi connectivity index (χ0v) is 12.3. The molecule has 0 spiro atoms. The minimum atomic E-state index is -0.433. The van der Waals surface area contributed by atoms with E-state index in [0.29, 0.717) is 24.8 Å². The molecule has 0 aliphatic rings. The van der Waals surface area contributed by atoms with Gasteiger partial charge in [0.15, 0.2) is 5.75 Å². The van der Waals surface area contributed by atoms with Gasteiger partial charge in [0, 0.05) is 30.4 Å². The fraction of sp³-hybridized carbons (Fsp3) is 0.571. The van der Waals surface area contributed by atoms with Crippen LogP contribution in [0.2, 0.25) is 0 Å². The molecule has 3 N–H and O–H groups in total. The normalized spacial score (nSPS) is 12.2. The van der Waals surface area contributed by atoms with Crippen molar-refractivity contribution in [2.45, 2.75) is 33.2 Å². The number of nitro benzene ring substituents is 1. The molecule has 1 aromatic rings. The third-order valence-corrected chi connectivity index (χ3v) is 3.03. The van der Waals surface area contributed by atoms with Crippen molar-refractivity contribution in [1.82, 2.24) is 0 Å². The topological polar surface area (TPSA) is 90.4 Å². The summed E-state index contributed by atoms with van der Waals surface area (Å²) in [6.07, 6.45) is 0.798. The number of nitro groups is 1. The summed E-state index contributed by atoms with van der Waals surface area (Å²) >= 11 is 0. The molecule has 0 saturated heterocycles. The van der Waals surface area contributed by atoms with Crippen molar-refractivity contribution in [3.63, 3.8) is 0 Å². The van der Waals surface area contributed by atoms with Gasteiger partial charge in [-0.15, -0.1) is 0 Å². The van der Waals surface area contributed by atoms with Gasteiger partial charge in [-0.2, -0.15) is 0 Å². The molecule has 0 heterocycles. The highest BCUT2D eigenvalue weighted by molar-refractivity contribution is 5.58. The Morgan fingerprint density at radius 1 is 1.45 bits per heavy atom. The van der Waals surface area contributed by atoms with Crippen LogP contribution in [-0.4, -0.2) is 24.1 Å². The second-order valence-electron chi connectivity index (χ2n) is 5.02. The Balaban J connectivity index is 2.96. The standard InChI is InChI=1S/C14H23N3O3/c1-4-7-20-14-8-11(5-6-13(14)17(18)19)16-12(9-15)10(2)3/h5-6,8,10,12,16H,4,7,9,15H2,1-3H3. The van der Waals surface area contributed by atoms with E-state index in [9.17, 15) is 10.1 Å². The van der Waals surface area contributed by atoms with Gasteiger partial charge in [0.25, 0.3) is 0 Å². The zero-order chi connectivity index (χ0) is 15.1. The molecule has 6 nitrogen and oxygen atoms in total. The quantitative estimate of drug-likeness (QED) is 0.565. The highest BCUT2D eigenvalue weighted by Crippen LogP contribution is 2.30. The van der Waals surface area contributed by atoms with E-state index in [0.717, 1.165) is 12.1 Å². The number of nitrogens with zero attached hydrogens (tertiary/aromatic N) is 1. The molecule has 0 radical (unpaired) electrons. The molecule has 0 bridgehead atoms. The number of hydrogen-bond donors (Lipinski definition) is 2. The van der Waals surface area contributed by atoms with Crippen molar-refractivity contribution in [2.75, 3.05) is 18.5 Å². The van der Waals surface area contributed by atoms with Gasteiger partial charge in [-0.05, 0) is 18.4 Å². The van der Waals surface area contributed by atoms with Gasteiger partial charge < -0.3 is 15.8 Å². The Morgan fingerprint density at radius 2 is 2.15 bits per heavy atom. The van der Waals surface area contributed by atoms with Crippen molar-refractivity contribution in [3.8, 4) is 5.75 Å². The van der Waals surface area contributed by atoms with Gasteiger partial charge in [-0.3, -0.25) is 10.1 Å². The molecule has 0 saturated carbocycles. The first-order chi connectivity index (χ1) is 9.49. The smallest absolute Gasteiger partial charge is 0.311 e. The third-order valence-electron chi connectivity index (χ3n) is 3.03. The monoisotopic (exact) mass is 281 g/mol. The summed E-state index contributed by atoms with van der Waals surface area (Å²) in [5.41, 5.74) is 6.48. The van der Waals surface area contributed by atoms with Crippen molar-refractivity contribution in [1.29, 1.82) is 0 Å². The fourth-order valence-electron chi connectivity index (χ4n) is 1.79. The van der Waals surface area contributed by atoms with Crippen molar-refractivity contribution >= 4 is 11.4 Å². The lowest BCUT2D eigenvalue weighted by Crippen LogP contribution is -2.33. The van der Waals surface area contributed by atoms with E-state index in [1.54, 1.807) is 12.1 Å². The molecule has 0 aliphatic carbocycles. The first-order valence-corrected chi connectivity index (χ1v) is 6.87. The summed E-state index contributed by atoms with van der Waals surface area (Å²) in [7, 11) is 0. The molecule has 1 rings (SSSR count). The van der Waals surface area contributed by atoms with Crippen molar-refractivity contribution < 1.29 is 9.66 Å². The van der Waals surface area contributed by atoms with E-state index in [1.807, 2.05) is 6.92 Å². The van der Waals surface area contributed by atoms with Crippen LogP contribution in [-0.2, 0) is 0 Å². The van der Waals surface area contributed by atoms with E-state index in [2.05, 4.69) is 19.2 Å². The van der Waals surface area contributed by atoms with Gasteiger partial charge in [-0.1, -0.05) is 20.8 Å². The van der Waals surface area contributed by atoms with Gasteiger partial charge in [0.2, 0.25) is 0 Å². The Morgan fingerprint density at radius 3 is 2.65 bits per heavy atom. The molecule has 1 atom stereocenters. The summed E-state index contributed by atoms with van der Waals surface area (Å²) in [4.78, 5) is 10.5. The number of nitrogens with one attached hydrogen (secondary N) is 1. The largest absolute Gasteiger partial charge is 0.487 e. The molecular formula is C14H23N3O3. The number of ether oxygens (including phenoxy) is 1. The van der Waals surface area contributed by atoms with Gasteiger partial charge >= 0.3 is 5.69 Å². The highest BCUT2D eigenvalue weighted by Gasteiger charge is 2.17. The van der Waals surface area contributed by atoms with Gasteiger partial charge in [0.05, 0.1) is 11.5 Å². The number of benzene rings is 1. The maximum atomic E-state index is 11.0. The van der Waals surface area contributed by atoms with Gasteiger partial charge in [0.1, 0.15) is 0 Å². The first-order valence-electron chi connectivity index (χ1n) is 6.87. The molecule has 1 aromatic carbocycles. The Hall–Kier alpha value is -1.82. The van der Waals surface area contributed by atoms with Crippen molar-refractivity contribution in [3.05, 3.63) is 28.3 Å².